The summed E-state index contributed by atoms with van der Waals surface area (Å²) in [6, 6.07) is 11.7. The normalized spacial score (nSPS) is 12.9. The molecule has 0 saturated heterocycles. The van der Waals surface area contributed by atoms with E-state index in [1.165, 1.54) is 26.0 Å². The van der Waals surface area contributed by atoms with E-state index in [4.69, 9.17) is 11.5 Å². The minimum absolute atomic E-state index is 0.114. The van der Waals surface area contributed by atoms with Crippen LogP contribution in [0.2, 0.25) is 0 Å². The Hall–Kier alpha value is -6.13. The molecule has 0 saturated carbocycles. The van der Waals surface area contributed by atoms with Crippen LogP contribution >= 0.6 is 0 Å². The molecule has 332 valence electrons. The zero-order chi connectivity index (χ0) is 47.1. The Bertz CT molecular complexity index is 2790. The number of anilines is 2. The van der Waals surface area contributed by atoms with Gasteiger partial charge >= 0.3 is 30.9 Å². The molecule has 0 fully saturated rings. The van der Waals surface area contributed by atoms with Crippen LogP contribution in [0, 0.1) is 34.6 Å². The Morgan fingerprint density at radius 1 is 0.270 bits per heavy atom. The van der Waals surface area contributed by atoms with Gasteiger partial charge in [-0.05, 0) is 167 Å². The molecule has 6 aromatic rings. The fourth-order valence-corrected chi connectivity index (χ4v) is 7.67. The number of benzene rings is 6. The Kier molecular flexibility index (Phi) is 11.5. The summed E-state index contributed by atoms with van der Waals surface area (Å²) in [4.78, 5) is 0. The smallest absolute Gasteiger partial charge is 0.399 e. The summed E-state index contributed by atoms with van der Waals surface area (Å²) >= 11 is 0. The van der Waals surface area contributed by atoms with Gasteiger partial charge in [-0.1, -0.05) is 36.4 Å². The van der Waals surface area contributed by atoms with Crippen LogP contribution in [0.3, 0.4) is 0 Å². The molecule has 0 heterocycles. The fraction of sp³-hybridized carbons (Fsp3) is 0.217. The molecule has 0 aliphatic carbocycles. The summed E-state index contributed by atoms with van der Waals surface area (Å²) in [7, 11) is 0. The number of aryl methyl sites for hydroxylation is 5. The van der Waals surface area contributed by atoms with Crippen molar-refractivity contribution in [2.75, 3.05) is 11.5 Å². The summed E-state index contributed by atoms with van der Waals surface area (Å²) in [6.07, 6.45) is -26.3. The molecule has 0 atom stereocenters. The standard InChI is InChI=1S/C46H33F15N2/c1-20-12-32(36(43(50,51)52)16-27(20)25-6-8-40(62)24(5)10-25)29-18-38(45(56,57)58)34(14-22(29)3)30-19-37(44(53,54)55)33(13-23(30)4)28-17-35(42(47,48)49)31(11-21(28)2)26-7-9-41(63)39(15-26)46(59,60)61/h6-19H,62-63H2,1-5H3. The van der Waals surface area contributed by atoms with Gasteiger partial charge in [-0.15, -0.1) is 0 Å². The van der Waals surface area contributed by atoms with Crippen LogP contribution in [0.1, 0.15) is 55.6 Å². The highest BCUT2D eigenvalue weighted by molar-refractivity contribution is 5.86. The van der Waals surface area contributed by atoms with Gasteiger partial charge in [0.1, 0.15) is 0 Å². The lowest BCUT2D eigenvalue weighted by molar-refractivity contribution is -0.138. The molecule has 0 radical (unpaired) electrons. The topological polar surface area (TPSA) is 52.0 Å². The van der Waals surface area contributed by atoms with Gasteiger partial charge in [-0.3, -0.25) is 0 Å². The van der Waals surface area contributed by atoms with Gasteiger partial charge in [-0.25, -0.2) is 0 Å². The van der Waals surface area contributed by atoms with Gasteiger partial charge in [-0.2, -0.15) is 65.9 Å². The second kappa shape index (κ2) is 15.6. The Balaban J connectivity index is 1.58. The highest BCUT2D eigenvalue weighted by Crippen LogP contribution is 2.50. The van der Waals surface area contributed by atoms with E-state index < -0.39 is 109 Å². The molecule has 0 aliphatic rings. The number of hydrogen-bond acceptors (Lipinski definition) is 2. The monoisotopic (exact) mass is 898 g/mol. The Labute approximate surface area is 350 Å². The molecule has 0 unspecified atom stereocenters. The maximum absolute atomic E-state index is 15.0. The SMILES string of the molecule is Cc1cc(-c2cc(C(F)(F)F)c(-c3cc(C(F)(F)F)c(-c4cc(C(F)(F)F)c(-c5cc(C(F)(F)F)c(-c6ccc(N)c(C(F)(F)F)c6)cc5C)cc4C)cc3C)cc2C)ccc1N. The molecule has 0 amide bonds. The number of halogens is 15. The predicted octanol–water partition coefficient (Wildman–Crippen LogP) is 15.8. The van der Waals surface area contributed by atoms with Crippen molar-refractivity contribution >= 4 is 11.4 Å². The van der Waals surface area contributed by atoms with Gasteiger partial charge < -0.3 is 11.5 Å². The highest BCUT2D eigenvalue weighted by atomic mass is 19.4. The van der Waals surface area contributed by atoms with E-state index in [-0.39, 0.29) is 27.8 Å². The molecule has 63 heavy (non-hydrogen) atoms. The molecule has 6 aromatic carbocycles. The van der Waals surface area contributed by atoms with Gasteiger partial charge in [0, 0.05) is 11.4 Å². The minimum Gasteiger partial charge on any atom is -0.399 e. The van der Waals surface area contributed by atoms with E-state index in [2.05, 4.69) is 0 Å². The molecule has 4 N–H and O–H groups in total. The van der Waals surface area contributed by atoms with Crippen molar-refractivity contribution in [2.45, 2.75) is 65.5 Å². The summed E-state index contributed by atoms with van der Waals surface area (Å²) < 4.78 is 219. The van der Waals surface area contributed by atoms with Crippen molar-refractivity contribution in [2.24, 2.45) is 0 Å². The number of nitrogens with two attached hydrogens (primary N) is 2. The predicted molar refractivity (Wildman–Crippen MR) is 211 cm³/mol. The second-order valence-electron chi connectivity index (χ2n) is 15.2. The Morgan fingerprint density at radius 2 is 0.556 bits per heavy atom. The maximum Gasteiger partial charge on any atom is 0.418 e. The first-order valence-corrected chi connectivity index (χ1v) is 18.5. The largest absolute Gasteiger partial charge is 0.418 e. The van der Waals surface area contributed by atoms with Crippen molar-refractivity contribution in [1.82, 2.24) is 0 Å². The van der Waals surface area contributed by atoms with Crippen LogP contribution in [-0.4, -0.2) is 0 Å². The number of hydrogen-bond donors (Lipinski definition) is 2. The zero-order valence-corrected chi connectivity index (χ0v) is 33.4. The van der Waals surface area contributed by atoms with Crippen molar-refractivity contribution in [3.8, 4) is 55.6 Å². The van der Waals surface area contributed by atoms with Crippen LogP contribution in [0.25, 0.3) is 55.6 Å². The van der Waals surface area contributed by atoms with Gasteiger partial charge in [0.2, 0.25) is 0 Å². The summed E-state index contributed by atoms with van der Waals surface area (Å²) in [6.45, 7) is 6.48. The highest BCUT2D eigenvalue weighted by Gasteiger charge is 2.42. The average molecular weight is 899 g/mol. The molecule has 0 aromatic heterocycles. The summed E-state index contributed by atoms with van der Waals surface area (Å²) in [5.41, 5.74) is -1.97. The lowest BCUT2D eigenvalue weighted by Gasteiger charge is -2.24. The average Bonchev–Trinajstić information content (AvgIpc) is 3.13. The summed E-state index contributed by atoms with van der Waals surface area (Å²) in [5, 5.41) is 0. The third kappa shape index (κ3) is 9.05. The first-order chi connectivity index (χ1) is 28.8. The van der Waals surface area contributed by atoms with E-state index >= 15 is 13.2 Å². The minimum atomic E-state index is -5.42. The fourth-order valence-electron chi connectivity index (χ4n) is 7.67. The quantitative estimate of drug-likeness (QED) is 0.134. The molecule has 0 spiro atoms. The third-order valence-electron chi connectivity index (χ3n) is 10.8. The molecule has 17 heteroatoms. The second-order valence-corrected chi connectivity index (χ2v) is 15.2. The van der Waals surface area contributed by atoms with Crippen LogP contribution in [0.15, 0.2) is 84.9 Å². The van der Waals surface area contributed by atoms with Crippen molar-refractivity contribution in [3.05, 3.63) is 141 Å². The van der Waals surface area contributed by atoms with E-state index in [9.17, 15) is 52.7 Å². The van der Waals surface area contributed by atoms with E-state index in [0.717, 1.165) is 56.3 Å². The van der Waals surface area contributed by atoms with Crippen LogP contribution in [0.5, 0.6) is 0 Å². The lowest BCUT2D eigenvalue weighted by atomic mass is 9.83. The molecule has 2 nitrogen and oxygen atoms in total. The summed E-state index contributed by atoms with van der Waals surface area (Å²) in [5.74, 6) is 0. The zero-order valence-electron chi connectivity index (χ0n) is 33.4. The van der Waals surface area contributed by atoms with Gasteiger partial charge in [0.05, 0.1) is 27.8 Å². The van der Waals surface area contributed by atoms with Crippen LogP contribution in [0.4, 0.5) is 77.2 Å². The first kappa shape index (κ1) is 46.4. The maximum atomic E-state index is 15.0. The first-order valence-electron chi connectivity index (χ1n) is 18.5. The van der Waals surface area contributed by atoms with Crippen molar-refractivity contribution in [1.29, 1.82) is 0 Å². The van der Waals surface area contributed by atoms with E-state index in [0.29, 0.717) is 41.1 Å². The van der Waals surface area contributed by atoms with Gasteiger partial charge in [0.25, 0.3) is 0 Å². The van der Waals surface area contributed by atoms with E-state index in [1.54, 1.807) is 13.0 Å². The van der Waals surface area contributed by atoms with Crippen molar-refractivity contribution in [3.63, 3.8) is 0 Å². The molecule has 6 rings (SSSR count). The van der Waals surface area contributed by atoms with Crippen LogP contribution < -0.4 is 11.5 Å². The number of rotatable bonds is 5. The van der Waals surface area contributed by atoms with Gasteiger partial charge in [0.15, 0.2) is 0 Å². The molecular weight excluding hydrogens is 865 g/mol. The van der Waals surface area contributed by atoms with Crippen LogP contribution in [-0.2, 0) is 30.9 Å². The molecular formula is C46H33F15N2. The number of alkyl halides is 15. The number of nitrogen functional groups attached to an aromatic ring is 2. The van der Waals surface area contributed by atoms with E-state index in [1.807, 2.05) is 0 Å². The molecule has 0 aliphatic heterocycles. The third-order valence-corrected chi connectivity index (χ3v) is 10.8. The lowest BCUT2D eigenvalue weighted by Crippen LogP contribution is -2.13. The Morgan fingerprint density at radius 3 is 0.905 bits per heavy atom. The van der Waals surface area contributed by atoms with Crippen molar-refractivity contribution < 1.29 is 65.9 Å². The molecule has 0 bridgehead atoms.